The highest BCUT2D eigenvalue weighted by molar-refractivity contribution is 7.16. The van der Waals surface area contributed by atoms with Gasteiger partial charge in [0.05, 0.1) is 21.9 Å². The normalized spacial score (nSPS) is 10.9. The summed E-state index contributed by atoms with van der Waals surface area (Å²) in [6, 6.07) is 6.25. The minimum absolute atomic E-state index is 0.781. The molecule has 4 nitrogen and oxygen atoms in total. The summed E-state index contributed by atoms with van der Waals surface area (Å²) in [5.41, 5.74) is 5.18. The quantitative estimate of drug-likeness (QED) is 0.770. The number of hydrogen-bond acceptors (Lipinski definition) is 4. The Hall–Kier alpha value is -1.88. The van der Waals surface area contributed by atoms with Crippen LogP contribution in [0.1, 0.15) is 5.56 Å². The van der Waals surface area contributed by atoms with Gasteiger partial charge in [0.25, 0.3) is 0 Å². The molecular weight excluding hydrogens is 232 g/mol. The third-order valence-electron chi connectivity index (χ3n) is 2.59. The molecule has 2 heterocycles. The van der Waals surface area contributed by atoms with Crippen LogP contribution in [0.15, 0.2) is 36.1 Å². The lowest BCUT2D eigenvalue weighted by molar-refractivity contribution is 0.767. The SMILES string of the molecule is Cn1cc(CNc2ccc3scnc3c2)cn1. The molecule has 5 heteroatoms. The summed E-state index contributed by atoms with van der Waals surface area (Å²) < 4.78 is 3.03. The van der Waals surface area contributed by atoms with Crippen LogP contribution < -0.4 is 5.32 Å². The molecule has 0 atom stereocenters. The van der Waals surface area contributed by atoms with Crippen LogP contribution >= 0.6 is 11.3 Å². The predicted octanol–water partition coefficient (Wildman–Crippen LogP) is 2.64. The molecule has 0 aliphatic heterocycles. The number of nitrogens with zero attached hydrogens (tertiary/aromatic N) is 3. The molecule has 0 unspecified atom stereocenters. The van der Waals surface area contributed by atoms with Crippen LogP contribution in [-0.4, -0.2) is 14.8 Å². The van der Waals surface area contributed by atoms with E-state index in [0.29, 0.717) is 0 Å². The first-order valence-corrected chi connectivity index (χ1v) is 6.24. The molecule has 1 N–H and O–H groups in total. The fraction of sp³-hybridized carbons (Fsp3) is 0.167. The lowest BCUT2D eigenvalue weighted by Gasteiger charge is -2.04. The number of hydrogen-bond donors (Lipinski definition) is 1. The Morgan fingerprint density at radius 3 is 3.18 bits per heavy atom. The van der Waals surface area contributed by atoms with E-state index in [1.807, 2.05) is 25.0 Å². The van der Waals surface area contributed by atoms with Crippen molar-refractivity contribution in [1.29, 1.82) is 0 Å². The fourth-order valence-electron chi connectivity index (χ4n) is 1.74. The van der Waals surface area contributed by atoms with Crippen molar-refractivity contribution in [3.8, 4) is 0 Å². The van der Waals surface area contributed by atoms with Gasteiger partial charge in [-0.1, -0.05) is 0 Å². The van der Waals surface area contributed by atoms with Crippen molar-refractivity contribution in [2.75, 3.05) is 5.32 Å². The van der Waals surface area contributed by atoms with Crippen molar-refractivity contribution in [3.63, 3.8) is 0 Å². The van der Waals surface area contributed by atoms with Crippen LogP contribution in [0.3, 0.4) is 0 Å². The number of nitrogens with one attached hydrogen (secondary N) is 1. The van der Waals surface area contributed by atoms with Crippen molar-refractivity contribution in [3.05, 3.63) is 41.7 Å². The van der Waals surface area contributed by atoms with Crippen LogP contribution in [0.5, 0.6) is 0 Å². The van der Waals surface area contributed by atoms with E-state index in [4.69, 9.17) is 0 Å². The van der Waals surface area contributed by atoms with Gasteiger partial charge >= 0.3 is 0 Å². The number of fused-ring (bicyclic) bond motifs is 1. The highest BCUT2D eigenvalue weighted by Crippen LogP contribution is 2.21. The zero-order valence-corrected chi connectivity index (χ0v) is 10.2. The van der Waals surface area contributed by atoms with Crippen molar-refractivity contribution < 1.29 is 0 Å². The van der Waals surface area contributed by atoms with Crippen molar-refractivity contribution in [2.45, 2.75) is 6.54 Å². The molecule has 17 heavy (non-hydrogen) atoms. The number of rotatable bonds is 3. The van der Waals surface area contributed by atoms with Crippen molar-refractivity contribution in [1.82, 2.24) is 14.8 Å². The second-order valence-electron chi connectivity index (χ2n) is 3.91. The van der Waals surface area contributed by atoms with Gasteiger partial charge in [-0.25, -0.2) is 4.98 Å². The second kappa shape index (κ2) is 4.18. The minimum atomic E-state index is 0.781. The predicted molar refractivity (Wildman–Crippen MR) is 70.2 cm³/mol. The molecule has 0 amide bonds. The molecule has 1 aromatic carbocycles. The Bertz CT molecular complexity index is 641. The largest absolute Gasteiger partial charge is 0.381 e. The van der Waals surface area contributed by atoms with Gasteiger partial charge in [-0.3, -0.25) is 4.68 Å². The molecule has 2 aromatic heterocycles. The van der Waals surface area contributed by atoms with Gasteiger partial charge in [0, 0.05) is 31.0 Å². The maximum atomic E-state index is 4.30. The highest BCUT2D eigenvalue weighted by Gasteiger charge is 2.00. The number of aromatic nitrogens is 3. The van der Waals surface area contributed by atoms with Crippen LogP contribution in [0.25, 0.3) is 10.2 Å². The molecule has 86 valence electrons. The zero-order valence-electron chi connectivity index (χ0n) is 9.42. The van der Waals surface area contributed by atoms with Gasteiger partial charge in [-0.05, 0) is 18.2 Å². The molecule has 0 saturated heterocycles. The first-order chi connectivity index (χ1) is 8.31. The van der Waals surface area contributed by atoms with Crippen LogP contribution in [0, 0.1) is 0 Å². The zero-order chi connectivity index (χ0) is 11.7. The maximum Gasteiger partial charge on any atom is 0.0832 e. The average molecular weight is 244 g/mol. The Morgan fingerprint density at radius 2 is 2.35 bits per heavy atom. The third-order valence-corrected chi connectivity index (χ3v) is 3.40. The number of aryl methyl sites for hydroxylation is 1. The smallest absolute Gasteiger partial charge is 0.0832 e. The Labute approximate surface area is 103 Å². The molecule has 0 saturated carbocycles. The minimum Gasteiger partial charge on any atom is -0.381 e. The maximum absolute atomic E-state index is 4.30. The van der Waals surface area contributed by atoms with E-state index < -0.39 is 0 Å². The lowest BCUT2D eigenvalue weighted by atomic mass is 10.3. The summed E-state index contributed by atoms with van der Waals surface area (Å²) in [5.74, 6) is 0. The van der Waals surface area contributed by atoms with Gasteiger partial charge < -0.3 is 5.32 Å². The van der Waals surface area contributed by atoms with E-state index in [1.165, 1.54) is 10.3 Å². The molecule has 0 fully saturated rings. The molecule has 3 rings (SSSR count). The molecule has 0 bridgehead atoms. The van der Waals surface area contributed by atoms with E-state index in [9.17, 15) is 0 Å². The van der Waals surface area contributed by atoms with Gasteiger partial charge in [0.1, 0.15) is 0 Å². The van der Waals surface area contributed by atoms with Crippen LogP contribution in [-0.2, 0) is 13.6 Å². The van der Waals surface area contributed by atoms with E-state index in [-0.39, 0.29) is 0 Å². The number of anilines is 1. The summed E-state index contributed by atoms with van der Waals surface area (Å²) in [6.45, 7) is 0.781. The van der Waals surface area contributed by atoms with E-state index in [1.54, 1.807) is 16.0 Å². The standard InChI is InChI=1S/C12H12N4S/c1-16-7-9(6-15-16)5-13-10-2-3-12-11(4-10)14-8-17-12/h2-4,6-8,13H,5H2,1H3. The van der Waals surface area contributed by atoms with Crippen LogP contribution in [0.4, 0.5) is 5.69 Å². The van der Waals surface area contributed by atoms with Crippen molar-refractivity contribution in [2.24, 2.45) is 7.05 Å². The molecule has 0 aliphatic rings. The molecule has 3 aromatic rings. The van der Waals surface area contributed by atoms with Crippen molar-refractivity contribution >= 4 is 27.2 Å². The first kappa shape index (κ1) is 10.3. The molecular formula is C12H12N4S. The second-order valence-corrected chi connectivity index (χ2v) is 4.80. The van der Waals surface area contributed by atoms with Gasteiger partial charge in [0.15, 0.2) is 0 Å². The molecule has 0 radical (unpaired) electrons. The van der Waals surface area contributed by atoms with E-state index in [2.05, 4.69) is 33.6 Å². The topological polar surface area (TPSA) is 42.7 Å². The fourth-order valence-corrected chi connectivity index (χ4v) is 2.39. The lowest BCUT2D eigenvalue weighted by Crippen LogP contribution is -1.98. The molecule has 0 aliphatic carbocycles. The molecule has 0 spiro atoms. The van der Waals surface area contributed by atoms with Crippen LogP contribution in [0.2, 0.25) is 0 Å². The summed E-state index contributed by atoms with van der Waals surface area (Å²) >= 11 is 1.66. The summed E-state index contributed by atoms with van der Waals surface area (Å²) in [7, 11) is 1.92. The summed E-state index contributed by atoms with van der Waals surface area (Å²) in [6.07, 6.45) is 3.88. The van der Waals surface area contributed by atoms with E-state index >= 15 is 0 Å². The van der Waals surface area contributed by atoms with Gasteiger partial charge in [-0.15, -0.1) is 11.3 Å². The Balaban J connectivity index is 1.76. The summed E-state index contributed by atoms with van der Waals surface area (Å²) in [5, 5.41) is 7.50. The average Bonchev–Trinajstić information content (AvgIpc) is 2.94. The Kier molecular flexibility index (Phi) is 2.53. The first-order valence-electron chi connectivity index (χ1n) is 5.36. The third kappa shape index (κ3) is 2.14. The highest BCUT2D eigenvalue weighted by atomic mass is 32.1. The van der Waals surface area contributed by atoms with E-state index in [0.717, 1.165) is 17.7 Å². The Morgan fingerprint density at radius 1 is 1.41 bits per heavy atom. The summed E-state index contributed by atoms with van der Waals surface area (Å²) in [4.78, 5) is 4.30. The van der Waals surface area contributed by atoms with Gasteiger partial charge in [0.2, 0.25) is 0 Å². The number of thiazole rings is 1. The monoisotopic (exact) mass is 244 g/mol. The van der Waals surface area contributed by atoms with Gasteiger partial charge in [-0.2, -0.15) is 5.10 Å². The number of benzene rings is 1.